The van der Waals surface area contributed by atoms with Gasteiger partial charge >= 0.3 is 0 Å². The second-order valence-electron chi connectivity index (χ2n) is 6.76. The number of hydrogen-bond acceptors (Lipinski definition) is 2. The summed E-state index contributed by atoms with van der Waals surface area (Å²) in [4.78, 5) is 0. The van der Waals surface area contributed by atoms with Crippen LogP contribution in [0, 0.1) is 17.8 Å². The van der Waals surface area contributed by atoms with Crippen molar-refractivity contribution in [3.05, 3.63) is 13.2 Å². The van der Waals surface area contributed by atoms with Gasteiger partial charge in [0.25, 0.3) is 0 Å². The van der Waals surface area contributed by atoms with Gasteiger partial charge < -0.3 is 9.47 Å². The Morgan fingerprint density at radius 1 is 1.00 bits per heavy atom. The molecule has 0 N–H and O–H groups in total. The van der Waals surface area contributed by atoms with Crippen molar-refractivity contribution in [1.29, 1.82) is 0 Å². The lowest BCUT2D eigenvalue weighted by atomic mass is 9.84. The summed E-state index contributed by atoms with van der Waals surface area (Å²) in [6.07, 6.45) is 11.4. The molecule has 2 aliphatic rings. The van der Waals surface area contributed by atoms with Crippen LogP contribution in [0.1, 0.15) is 78.6 Å². The molecule has 1 heterocycles. The van der Waals surface area contributed by atoms with E-state index in [2.05, 4.69) is 31.9 Å². The van der Waals surface area contributed by atoms with E-state index in [4.69, 9.17) is 9.47 Å². The summed E-state index contributed by atoms with van der Waals surface area (Å²) in [5.74, 6) is 6.90. The van der Waals surface area contributed by atoms with Gasteiger partial charge in [-0.05, 0) is 32.6 Å². The van der Waals surface area contributed by atoms with Gasteiger partial charge in [-0.1, -0.05) is 39.0 Å². The van der Waals surface area contributed by atoms with Gasteiger partial charge in [0, 0.05) is 12.8 Å². The maximum Gasteiger partial charge on any atom is 0.163 e. The first-order chi connectivity index (χ1) is 10.6. The Balaban J connectivity index is 0.00000116. The Labute approximate surface area is 137 Å². The van der Waals surface area contributed by atoms with Crippen LogP contribution in [0.25, 0.3) is 0 Å². The molecule has 2 heteroatoms. The fourth-order valence-corrected chi connectivity index (χ4v) is 3.42. The van der Waals surface area contributed by atoms with E-state index in [1.54, 1.807) is 0 Å². The highest BCUT2D eigenvalue weighted by molar-refractivity contribution is 5.02. The second-order valence-corrected chi connectivity index (χ2v) is 6.76. The van der Waals surface area contributed by atoms with Crippen LogP contribution >= 0.6 is 0 Å². The summed E-state index contributed by atoms with van der Waals surface area (Å²) in [7, 11) is 0. The molecule has 1 unspecified atom stereocenters. The third-order valence-electron chi connectivity index (χ3n) is 4.38. The van der Waals surface area contributed by atoms with Crippen LogP contribution in [0.2, 0.25) is 0 Å². The molecule has 0 bridgehead atoms. The smallest absolute Gasteiger partial charge is 0.163 e. The molecule has 2 nitrogen and oxygen atoms in total. The van der Waals surface area contributed by atoms with Crippen LogP contribution in [0.15, 0.2) is 13.2 Å². The van der Waals surface area contributed by atoms with Gasteiger partial charge in [0.2, 0.25) is 0 Å². The van der Waals surface area contributed by atoms with Gasteiger partial charge in [-0.25, -0.2) is 0 Å². The van der Waals surface area contributed by atoms with Crippen molar-refractivity contribution in [2.75, 3.05) is 0 Å². The highest BCUT2D eigenvalue weighted by atomic mass is 16.7. The monoisotopic (exact) mass is 306 g/mol. The minimum Gasteiger partial charge on any atom is -0.345 e. The van der Waals surface area contributed by atoms with Gasteiger partial charge in [0.1, 0.15) is 0 Å². The van der Waals surface area contributed by atoms with Crippen molar-refractivity contribution in [3.63, 3.8) is 0 Å². The van der Waals surface area contributed by atoms with Crippen LogP contribution in [0.3, 0.4) is 0 Å². The number of unbranched alkanes of at least 4 members (excludes halogenated alkanes) is 1. The van der Waals surface area contributed by atoms with Crippen LogP contribution in [-0.4, -0.2) is 18.0 Å². The van der Waals surface area contributed by atoms with E-state index < -0.39 is 5.79 Å². The van der Waals surface area contributed by atoms with E-state index in [1.807, 2.05) is 13.8 Å². The van der Waals surface area contributed by atoms with Gasteiger partial charge in [-0.3, -0.25) is 0 Å². The molecule has 0 spiro atoms. The summed E-state index contributed by atoms with van der Waals surface area (Å²) >= 11 is 0. The average Bonchev–Trinajstić information content (AvgIpc) is 2.81. The fraction of sp³-hybridized carbons (Fsp3) is 0.800. The van der Waals surface area contributed by atoms with E-state index in [0.717, 1.165) is 31.6 Å². The first kappa shape index (κ1) is 19.3. The van der Waals surface area contributed by atoms with E-state index in [0.29, 0.717) is 0 Å². The zero-order chi connectivity index (χ0) is 16.4. The van der Waals surface area contributed by atoms with Crippen LogP contribution < -0.4 is 0 Å². The predicted molar refractivity (Wildman–Crippen MR) is 93.6 cm³/mol. The van der Waals surface area contributed by atoms with E-state index >= 15 is 0 Å². The van der Waals surface area contributed by atoms with Crippen molar-refractivity contribution in [3.8, 4) is 11.8 Å². The van der Waals surface area contributed by atoms with E-state index in [-0.39, 0.29) is 12.2 Å². The average molecular weight is 306 g/mol. The van der Waals surface area contributed by atoms with Gasteiger partial charge in [-0.2, -0.15) is 0 Å². The molecular weight excluding hydrogens is 272 g/mol. The Bertz CT molecular complexity index is 358. The number of hydrogen-bond donors (Lipinski definition) is 0. The van der Waals surface area contributed by atoms with Gasteiger partial charge in [-0.15, -0.1) is 25.0 Å². The van der Waals surface area contributed by atoms with Crippen LogP contribution in [-0.2, 0) is 9.47 Å². The highest BCUT2D eigenvalue weighted by Gasteiger charge is 2.41. The largest absolute Gasteiger partial charge is 0.345 e. The Kier molecular flexibility index (Phi) is 8.83. The van der Waals surface area contributed by atoms with Crippen molar-refractivity contribution in [2.45, 2.75) is 96.6 Å². The summed E-state index contributed by atoms with van der Waals surface area (Å²) in [6.45, 7) is 12.2. The lowest BCUT2D eigenvalue weighted by Gasteiger charge is -2.25. The molecular formula is C20H34O2. The molecule has 1 aliphatic heterocycles. The summed E-state index contributed by atoms with van der Waals surface area (Å²) < 4.78 is 12.2. The third-order valence-corrected chi connectivity index (χ3v) is 4.38. The maximum atomic E-state index is 6.13. The van der Waals surface area contributed by atoms with Crippen molar-refractivity contribution in [2.24, 2.45) is 5.92 Å². The standard InChI is InChI=1S/C18H30O2.C2H4/c1-4-5-6-10-13-16-17(20-18(2,3)19-16)14-15-11-8-7-9-12-15;1-2/h15-17H,4-5,7-9,11-14H2,1-3H3;1-2H2/t16?,17-;/m1./s1. The molecule has 0 radical (unpaired) electrons. The molecule has 0 amide bonds. The molecule has 126 valence electrons. The first-order valence-electron chi connectivity index (χ1n) is 8.92. The lowest BCUT2D eigenvalue weighted by molar-refractivity contribution is -0.147. The van der Waals surface area contributed by atoms with Gasteiger partial charge in [0.05, 0.1) is 12.2 Å². The zero-order valence-electron chi connectivity index (χ0n) is 14.8. The van der Waals surface area contributed by atoms with Crippen molar-refractivity contribution >= 4 is 0 Å². The molecule has 22 heavy (non-hydrogen) atoms. The molecule has 2 rings (SSSR count). The fourth-order valence-electron chi connectivity index (χ4n) is 3.42. The Morgan fingerprint density at radius 2 is 1.64 bits per heavy atom. The molecule has 2 fully saturated rings. The molecule has 0 aromatic rings. The zero-order valence-corrected chi connectivity index (χ0v) is 14.8. The second kappa shape index (κ2) is 10.1. The number of rotatable bonds is 4. The van der Waals surface area contributed by atoms with Gasteiger partial charge in [0.15, 0.2) is 5.79 Å². The third kappa shape index (κ3) is 6.55. The minimum absolute atomic E-state index is 0.163. The molecule has 0 aromatic carbocycles. The minimum atomic E-state index is -0.434. The SMILES string of the molecule is C=C.CCCC#CCC1OC(C)(C)O[C@@H]1CC1CCCCC1. The Hall–Kier alpha value is -0.780. The summed E-state index contributed by atoms with van der Waals surface area (Å²) in [6, 6.07) is 0. The molecule has 0 aromatic heterocycles. The topological polar surface area (TPSA) is 18.5 Å². The molecule has 1 saturated heterocycles. The molecule has 1 saturated carbocycles. The highest BCUT2D eigenvalue weighted by Crippen LogP contribution is 2.36. The number of ether oxygens (including phenoxy) is 2. The normalized spacial score (nSPS) is 27.4. The van der Waals surface area contributed by atoms with E-state index in [1.165, 1.54) is 32.1 Å². The summed E-state index contributed by atoms with van der Waals surface area (Å²) in [5, 5.41) is 0. The van der Waals surface area contributed by atoms with Crippen LogP contribution in [0.4, 0.5) is 0 Å². The van der Waals surface area contributed by atoms with Crippen molar-refractivity contribution < 1.29 is 9.47 Å². The molecule has 2 atom stereocenters. The van der Waals surface area contributed by atoms with E-state index in [9.17, 15) is 0 Å². The lowest BCUT2D eigenvalue weighted by Crippen LogP contribution is -2.26. The van der Waals surface area contributed by atoms with Crippen molar-refractivity contribution in [1.82, 2.24) is 0 Å². The Morgan fingerprint density at radius 3 is 2.27 bits per heavy atom. The maximum absolute atomic E-state index is 6.13. The first-order valence-corrected chi connectivity index (χ1v) is 8.92. The summed E-state index contributed by atoms with van der Waals surface area (Å²) in [5.41, 5.74) is 0. The predicted octanol–water partition coefficient (Wildman–Crippen LogP) is 5.47. The van der Waals surface area contributed by atoms with Crippen LogP contribution in [0.5, 0.6) is 0 Å². The molecule has 1 aliphatic carbocycles. The quantitative estimate of drug-likeness (QED) is 0.506.